The van der Waals surface area contributed by atoms with Gasteiger partial charge in [0.15, 0.2) is 0 Å². The lowest BCUT2D eigenvalue weighted by Gasteiger charge is -2.56. The van der Waals surface area contributed by atoms with Crippen LogP contribution in [-0.4, -0.2) is 65.6 Å². The van der Waals surface area contributed by atoms with E-state index in [1.54, 1.807) is 10.9 Å². The Morgan fingerprint density at radius 2 is 1.72 bits per heavy atom. The Morgan fingerprint density at radius 1 is 1.08 bits per heavy atom. The molecular weight excluding hydrogens is 452 g/mol. The van der Waals surface area contributed by atoms with E-state index in [-0.39, 0.29) is 11.4 Å². The molecule has 2 aromatic rings. The second kappa shape index (κ2) is 9.82. The van der Waals surface area contributed by atoms with E-state index in [0.717, 1.165) is 75.6 Å². The van der Waals surface area contributed by atoms with Crippen LogP contribution in [0.25, 0.3) is 5.69 Å². The Labute approximate surface area is 214 Å². The van der Waals surface area contributed by atoms with Crippen LogP contribution in [0.5, 0.6) is 5.88 Å². The molecular formula is C29H40N4O3. The Balaban J connectivity index is 1.23. The second-order valence-electron chi connectivity index (χ2n) is 12.0. The number of carbonyl (C=O) groups is 1. The van der Waals surface area contributed by atoms with Gasteiger partial charge in [-0.15, -0.1) is 0 Å². The largest absolute Gasteiger partial charge is 0.476 e. The van der Waals surface area contributed by atoms with E-state index < -0.39 is 0 Å². The Kier molecular flexibility index (Phi) is 6.54. The number of rotatable bonds is 8. The second-order valence-corrected chi connectivity index (χ2v) is 12.0. The average Bonchev–Trinajstić information content (AvgIpc) is 3.28. The molecule has 2 heterocycles. The van der Waals surface area contributed by atoms with Crippen LogP contribution in [0.3, 0.4) is 0 Å². The summed E-state index contributed by atoms with van der Waals surface area (Å²) in [6.07, 6.45) is 9.14. The molecule has 1 N–H and O–H groups in total. The summed E-state index contributed by atoms with van der Waals surface area (Å²) in [6.45, 7) is 9.05. The zero-order valence-corrected chi connectivity index (χ0v) is 21.7. The SMILES string of the molecule is CC(C)c1ccc(-n2ncc(C(=O)NC34CC5CC(CC(C5)C3)C4)c2OCCN2CCOCC2)cc1. The van der Waals surface area contributed by atoms with Crippen molar-refractivity contribution in [2.45, 2.75) is 63.8 Å². The molecule has 36 heavy (non-hydrogen) atoms. The number of ether oxygens (including phenoxy) is 2. The van der Waals surface area contributed by atoms with E-state index in [0.29, 0.717) is 24.0 Å². The van der Waals surface area contributed by atoms with Crippen molar-refractivity contribution in [3.63, 3.8) is 0 Å². The van der Waals surface area contributed by atoms with Gasteiger partial charge in [0.25, 0.3) is 5.91 Å². The van der Waals surface area contributed by atoms with Gasteiger partial charge < -0.3 is 14.8 Å². The topological polar surface area (TPSA) is 68.6 Å². The van der Waals surface area contributed by atoms with E-state index in [1.807, 2.05) is 0 Å². The van der Waals surface area contributed by atoms with Gasteiger partial charge in [-0.2, -0.15) is 5.10 Å². The molecule has 4 saturated carbocycles. The monoisotopic (exact) mass is 492 g/mol. The summed E-state index contributed by atoms with van der Waals surface area (Å²) in [5, 5.41) is 8.15. The zero-order chi connectivity index (χ0) is 24.7. The first-order chi connectivity index (χ1) is 17.5. The van der Waals surface area contributed by atoms with Crippen molar-refractivity contribution >= 4 is 5.91 Å². The Hall–Kier alpha value is -2.38. The lowest BCUT2D eigenvalue weighted by atomic mass is 9.53. The smallest absolute Gasteiger partial charge is 0.258 e. The molecule has 4 bridgehead atoms. The molecule has 5 fully saturated rings. The lowest BCUT2D eigenvalue weighted by molar-refractivity contribution is -0.0167. The minimum atomic E-state index is -0.0437. The molecule has 1 aromatic heterocycles. The van der Waals surface area contributed by atoms with Gasteiger partial charge in [0, 0.05) is 25.2 Å². The van der Waals surface area contributed by atoms with Crippen LogP contribution in [-0.2, 0) is 4.74 Å². The fourth-order valence-electron chi connectivity index (χ4n) is 7.48. The number of hydrogen-bond donors (Lipinski definition) is 1. The maximum Gasteiger partial charge on any atom is 0.258 e. The number of morpholine rings is 1. The highest BCUT2D eigenvalue weighted by Crippen LogP contribution is 2.55. The average molecular weight is 493 g/mol. The first-order valence-corrected chi connectivity index (χ1v) is 13.9. The molecule has 4 aliphatic carbocycles. The lowest BCUT2D eigenvalue weighted by Crippen LogP contribution is -2.59. The van der Waals surface area contributed by atoms with Gasteiger partial charge in [0.1, 0.15) is 12.2 Å². The van der Waals surface area contributed by atoms with E-state index in [9.17, 15) is 4.79 Å². The van der Waals surface area contributed by atoms with Gasteiger partial charge >= 0.3 is 0 Å². The summed E-state index contributed by atoms with van der Waals surface area (Å²) in [6, 6.07) is 8.40. The summed E-state index contributed by atoms with van der Waals surface area (Å²) >= 11 is 0. The van der Waals surface area contributed by atoms with Crippen molar-refractivity contribution in [1.82, 2.24) is 20.0 Å². The van der Waals surface area contributed by atoms with Crippen LogP contribution < -0.4 is 10.1 Å². The fraction of sp³-hybridized carbons (Fsp3) is 0.655. The van der Waals surface area contributed by atoms with Gasteiger partial charge in [-0.05, 0) is 79.9 Å². The summed E-state index contributed by atoms with van der Waals surface area (Å²) in [5.41, 5.74) is 2.69. The Bertz CT molecular complexity index is 1040. The van der Waals surface area contributed by atoms with Crippen LogP contribution in [0.2, 0.25) is 0 Å². The third-order valence-corrected chi connectivity index (χ3v) is 8.94. The molecule has 7 nitrogen and oxygen atoms in total. The molecule has 1 saturated heterocycles. The predicted octanol–water partition coefficient (Wildman–Crippen LogP) is 4.41. The quantitative estimate of drug-likeness (QED) is 0.591. The fourth-order valence-corrected chi connectivity index (χ4v) is 7.48. The highest BCUT2D eigenvalue weighted by molar-refractivity contribution is 5.97. The molecule has 194 valence electrons. The standard InChI is InChI=1S/C29H40N4O3/c1-20(2)24-3-5-25(6-4-24)33-28(36-12-9-32-7-10-35-11-8-32)26(19-30-33)27(34)31-29-16-21-13-22(17-29)15-23(14-21)18-29/h3-6,19-23H,7-18H2,1-2H3,(H,31,34). The van der Waals surface area contributed by atoms with E-state index in [1.165, 1.54) is 24.8 Å². The first kappa shape index (κ1) is 24.0. The molecule has 0 spiro atoms. The van der Waals surface area contributed by atoms with E-state index in [2.05, 4.69) is 53.4 Å². The zero-order valence-electron chi connectivity index (χ0n) is 21.7. The summed E-state index contributed by atoms with van der Waals surface area (Å²) in [4.78, 5) is 16.1. The molecule has 0 radical (unpaired) electrons. The third kappa shape index (κ3) is 4.80. The van der Waals surface area contributed by atoms with Crippen LogP contribution in [0.4, 0.5) is 0 Å². The molecule has 0 atom stereocenters. The predicted molar refractivity (Wildman–Crippen MR) is 139 cm³/mol. The maximum absolute atomic E-state index is 13.7. The van der Waals surface area contributed by atoms with Gasteiger partial charge in [-0.1, -0.05) is 26.0 Å². The number of benzene rings is 1. The van der Waals surface area contributed by atoms with Crippen molar-refractivity contribution < 1.29 is 14.3 Å². The number of aromatic nitrogens is 2. The van der Waals surface area contributed by atoms with Crippen LogP contribution in [0.15, 0.2) is 30.5 Å². The number of nitrogens with one attached hydrogen (secondary N) is 1. The van der Waals surface area contributed by atoms with Crippen LogP contribution >= 0.6 is 0 Å². The highest BCUT2D eigenvalue weighted by Gasteiger charge is 2.51. The highest BCUT2D eigenvalue weighted by atomic mass is 16.5. The maximum atomic E-state index is 13.7. The number of nitrogens with zero attached hydrogens (tertiary/aromatic N) is 3. The normalized spacial score (nSPS) is 29.6. The van der Waals surface area contributed by atoms with Gasteiger partial charge in [0.05, 0.1) is 25.1 Å². The Morgan fingerprint density at radius 3 is 2.33 bits per heavy atom. The van der Waals surface area contributed by atoms with E-state index in [4.69, 9.17) is 9.47 Å². The summed E-state index contributed by atoms with van der Waals surface area (Å²) in [5.74, 6) is 3.31. The van der Waals surface area contributed by atoms with Crippen LogP contribution in [0.1, 0.15) is 74.2 Å². The third-order valence-electron chi connectivity index (χ3n) is 8.94. The minimum absolute atomic E-state index is 0.0385. The number of carbonyl (C=O) groups excluding carboxylic acids is 1. The molecule has 1 amide bonds. The van der Waals surface area contributed by atoms with Crippen molar-refractivity contribution in [3.05, 3.63) is 41.6 Å². The van der Waals surface area contributed by atoms with Crippen molar-refractivity contribution in [1.29, 1.82) is 0 Å². The van der Waals surface area contributed by atoms with Gasteiger partial charge in [-0.3, -0.25) is 9.69 Å². The molecule has 7 rings (SSSR count). The minimum Gasteiger partial charge on any atom is -0.476 e. The van der Waals surface area contributed by atoms with Crippen molar-refractivity contribution in [3.8, 4) is 11.6 Å². The van der Waals surface area contributed by atoms with Gasteiger partial charge in [0.2, 0.25) is 5.88 Å². The first-order valence-electron chi connectivity index (χ1n) is 13.9. The van der Waals surface area contributed by atoms with Gasteiger partial charge in [-0.25, -0.2) is 4.68 Å². The molecule has 5 aliphatic rings. The number of hydrogen-bond acceptors (Lipinski definition) is 5. The molecule has 7 heteroatoms. The molecule has 1 aromatic carbocycles. The van der Waals surface area contributed by atoms with Crippen LogP contribution in [0, 0.1) is 17.8 Å². The number of amides is 1. The van der Waals surface area contributed by atoms with Crippen molar-refractivity contribution in [2.75, 3.05) is 39.5 Å². The molecule has 1 aliphatic heterocycles. The van der Waals surface area contributed by atoms with Crippen molar-refractivity contribution in [2.24, 2.45) is 17.8 Å². The summed E-state index contributed by atoms with van der Waals surface area (Å²) < 4.78 is 13.6. The molecule has 0 unspecified atom stereocenters. The van der Waals surface area contributed by atoms with E-state index >= 15 is 0 Å². The summed E-state index contributed by atoms with van der Waals surface area (Å²) in [7, 11) is 0.